The van der Waals surface area contributed by atoms with E-state index in [0.29, 0.717) is 23.7 Å². The minimum Gasteiger partial charge on any atom is -0.316 e. The predicted octanol–water partition coefficient (Wildman–Crippen LogP) is 1.73. The van der Waals surface area contributed by atoms with Crippen molar-refractivity contribution in [1.29, 1.82) is 0 Å². The van der Waals surface area contributed by atoms with E-state index in [1.807, 2.05) is 30.6 Å². The molecule has 114 valence electrons. The third-order valence-electron chi connectivity index (χ3n) is 3.08. The lowest BCUT2D eigenvalue weighted by molar-refractivity contribution is 0.472. The van der Waals surface area contributed by atoms with Crippen LogP contribution in [0.1, 0.15) is 11.3 Å². The number of sulfonamides is 1. The molecule has 0 aliphatic heterocycles. The summed E-state index contributed by atoms with van der Waals surface area (Å²) in [6.45, 7) is 1.09. The highest BCUT2D eigenvalue weighted by Gasteiger charge is 2.22. The van der Waals surface area contributed by atoms with Gasteiger partial charge in [-0.2, -0.15) is 4.31 Å². The first-order valence-electron chi connectivity index (χ1n) is 6.62. The quantitative estimate of drug-likeness (QED) is 0.842. The summed E-state index contributed by atoms with van der Waals surface area (Å²) in [5.41, 5.74) is 1.88. The molecule has 0 spiro atoms. The van der Waals surface area contributed by atoms with Gasteiger partial charge in [-0.1, -0.05) is 6.07 Å². The van der Waals surface area contributed by atoms with Gasteiger partial charge in [0.2, 0.25) is 0 Å². The van der Waals surface area contributed by atoms with Gasteiger partial charge < -0.3 is 5.32 Å². The first-order valence-corrected chi connectivity index (χ1v) is 8.94. The molecule has 0 fully saturated rings. The van der Waals surface area contributed by atoms with Crippen molar-refractivity contribution < 1.29 is 8.42 Å². The Balaban J connectivity index is 2.04. The predicted molar refractivity (Wildman–Crippen MR) is 84.8 cm³/mol. The first-order chi connectivity index (χ1) is 10.0. The molecule has 0 saturated heterocycles. The van der Waals surface area contributed by atoms with Gasteiger partial charge in [-0.3, -0.25) is 4.98 Å². The van der Waals surface area contributed by atoms with Crippen LogP contribution in [0.4, 0.5) is 0 Å². The van der Waals surface area contributed by atoms with Crippen LogP contribution >= 0.6 is 11.3 Å². The summed E-state index contributed by atoms with van der Waals surface area (Å²) >= 11 is 1.26. The van der Waals surface area contributed by atoms with E-state index in [0.717, 1.165) is 11.3 Å². The van der Waals surface area contributed by atoms with Crippen LogP contribution in [0.5, 0.6) is 0 Å². The molecule has 1 N–H and O–H groups in total. The molecule has 0 aromatic carbocycles. The Bertz CT molecular complexity index is 669. The lowest BCUT2D eigenvalue weighted by atomic mass is 10.3. The van der Waals surface area contributed by atoms with Gasteiger partial charge in [0, 0.05) is 38.4 Å². The molecule has 5 nitrogen and oxygen atoms in total. The smallest absolute Gasteiger partial charge is 0.252 e. The summed E-state index contributed by atoms with van der Waals surface area (Å²) in [5, 5.41) is 4.89. The fourth-order valence-electron chi connectivity index (χ4n) is 1.88. The minimum atomic E-state index is -3.41. The van der Waals surface area contributed by atoms with Crippen molar-refractivity contribution in [3.8, 4) is 0 Å². The van der Waals surface area contributed by atoms with Crippen LogP contribution in [0.25, 0.3) is 0 Å². The number of nitrogens with one attached hydrogen (secondary N) is 1. The third kappa shape index (κ3) is 4.10. The second-order valence-corrected chi connectivity index (χ2v) is 7.88. The summed E-state index contributed by atoms with van der Waals surface area (Å²) < 4.78 is 26.7. The van der Waals surface area contributed by atoms with E-state index >= 15 is 0 Å². The van der Waals surface area contributed by atoms with E-state index < -0.39 is 10.0 Å². The van der Waals surface area contributed by atoms with Gasteiger partial charge in [0.25, 0.3) is 10.0 Å². The highest BCUT2D eigenvalue weighted by atomic mass is 32.2. The van der Waals surface area contributed by atoms with Crippen LogP contribution in [-0.2, 0) is 23.0 Å². The Kier molecular flexibility index (Phi) is 5.46. The SMILES string of the molecule is CNCc1csc(S(=O)(=O)N(C)CCc2ccccn2)c1. The van der Waals surface area contributed by atoms with Gasteiger partial charge >= 0.3 is 0 Å². The van der Waals surface area contributed by atoms with Crippen molar-refractivity contribution in [2.24, 2.45) is 0 Å². The van der Waals surface area contributed by atoms with Gasteiger partial charge in [-0.05, 0) is 36.2 Å². The number of hydrogen-bond acceptors (Lipinski definition) is 5. The molecule has 0 unspecified atom stereocenters. The zero-order chi connectivity index (χ0) is 15.3. The van der Waals surface area contributed by atoms with E-state index in [1.54, 1.807) is 19.3 Å². The molecule has 0 atom stereocenters. The number of pyridine rings is 1. The van der Waals surface area contributed by atoms with E-state index in [-0.39, 0.29) is 0 Å². The number of hydrogen-bond donors (Lipinski definition) is 1. The second-order valence-electron chi connectivity index (χ2n) is 4.70. The molecule has 0 bridgehead atoms. The fraction of sp³-hybridized carbons (Fsp3) is 0.357. The maximum Gasteiger partial charge on any atom is 0.252 e. The van der Waals surface area contributed by atoms with E-state index in [2.05, 4.69) is 10.3 Å². The first kappa shape index (κ1) is 16.1. The molecule has 0 amide bonds. The van der Waals surface area contributed by atoms with Crippen LogP contribution in [0.3, 0.4) is 0 Å². The van der Waals surface area contributed by atoms with Crippen molar-refractivity contribution in [2.75, 3.05) is 20.6 Å². The monoisotopic (exact) mass is 325 g/mol. The van der Waals surface area contributed by atoms with Crippen molar-refractivity contribution in [2.45, 2.75) is 17.2 Å². The molecule has 0 aliphatic rings. The molecule has 2 aromatic heterocycles. The summed E-state index contributed by atoms with van der Waals surface area (Å²) in [6, 6.07) is 7.38. The van der Waals surface area contributed by atoms with Crippen molar-refractivity contribution >= 4 is 21.4 Å². The average Bonchev–Trinajstić information content (AvgIpc) is 2.95. The summed E-state index contributed by atoms with van der Waals surface area (Å²) in [4.78, 5) is 4.21. The standard InChI is InChI=1S/C14H19N3O2S2/c1-15-10-12-9-14(20-11-12)21(18,19)17(2)8-6-13-5-3-4-7-16-13/h3-5,7,9,11,15H,6,8,10H2,1-2H3. The zero-order valence-electron chi connectivity index (χ0n) is 12.1. The Labute approximate surface area is 129 Å². The fourth-order valence-corrected chi connectivity index (χ4v) is 4.47. The largest absolute Gasteiger partial charge is 0.316 e. The topological polar surface area (TPSA) is 62.3 Å². The van der Waals surface area contributed by atoms with E-state index in [4.69, 9.17) is 0 Å². The second kappa shape index (κ2) is 7.13. The number of nitrogens with zero attached hydrogens (tertiary/aromatic N) is 2. The van der Waals surface area contributed by atoms with Crippen molar-refractivity contribution in [3.05, 3.63) is 47.1 Å². The summed E-state index contributed by atoms with van der Waals surface area (Å²) in [6.07, 6.45) is 2.32. The normalized spacial score (nSPS) is 12.0. The Morgan fingerprint density at radius 2 is 2.19 bits per heavy atom. The molecule has 0 aliphatic carbocycles. The molecule has 2 heterocycles. The minimum absolute atomic E-state index is 0.385. The van der Waals surface area contributed by atoms with Gasteiger partial charge in [-0.25, -0.2) is 8.42 Å². The van der Waals surface area contributed by atoms with Gasteiger partial charge in [-0.15, -0.1) is 11.3 Å². The molecule has 0 radical (unpaired) electrons. The molecular formula is C14H19N3O2S2. The summed E-state index contributed by atoms with van der Waals surface area (Å²) in [7, 11) is 0.0347. The van der Waals surface area contributed by atoms with Crippen molar-refractivity contribution in [3.63, 3.8) is 0 Å². The van der Waals surface area contributed by atoms with Gasteiger partial charge in [0.1, 0.15) is 4.21 Å². The Morgan fingerprint density at radius 1 is 1.38 bits per heavy atom. The van der Waals surface area contributed by atoms with Crippen LogP contribution in [-0.4, -0.2) is 38.3 Å². The Morgan fingerprint density at radius 3 is 2.86 bits per heavy atom. The van der Waals surface area contributed by atoms with Crippen LogP contribution in [0.15, 0.2) is 40.1 Å². The molecule has 0 saturated carbocycles. The lowest BCUT2D eigenvalue weighted by Crippen LogP contribution is -2.28. The molecule has 7 heteroatoms. The number of aromatic nitrogens is 1. The third-order valence-corrected chi connectivity index (χ3v) is 6.40. The molecule has 21 heavy (non-hydrogen) atoms. The van der Waals surface area contributed by atoms with Gasteiger partial charge in [0.05, 0.1) is 0 Å². The van der Waals surface area contributed by atoms with Gasteiger partial charge in [0.15, 0.2) is 0 Å². The number of likely N-dealkylation sites (N-methyl/N-ethyl adjacent to an activating group) is 1. The average molecular weight is 325 g/mol. The highest BCUT2D eigenvalue weighted by Crippen LogP contribution is 2.23. The van der Waals surface area contributed by atoms with E-state index in [9.17, 15) is 8.42 Å². The van der Waals surface area contributed by atoms with Crippen molar-refractivity contribution in [1.82, 2.24) is 14.6 Å². The zero-order valence-corrected chi connectivity index (χ0v) is 13.7. The van der Waals surface area contributed by atoms with Crippen LogP contribution < -0.4 is 5.32 Å². The highest BCUT2D eigenvalue weighted by molar-refractivity contribution is 7.91. The molecule has 2 aromatic rings. The molecular weight excluding hydrogens is 306 g/mol. The van der Waals surface area contributed by atoms with Crippen LogP contribution in [0.2, 0.25) is 0 Å². The summed E-state index contributed by atoms with van der Waals surface area (Å²) in [5.74, 6) is 0. The molecule has 2 rings (SSSR count). The Hall–Kier alpha value is -1.28. The number of rotatable bonds is 7. The lowest BCUT2D eigenvalue weighted by Gasteiger charge is -2.15. The number of thiophene rings is 1. The maximum atomic E-state index is 12.5. The van der Waals surface area contributed by atoms with Crippen LogP contribution in [0, 0.1) is 0 Å². The maximum absolute atomic E-state index is 12.5. The van der Waals surface area contributed by atoms with E-state index in [1.165, 1.54) is 15.6 Å².